The zero-order valence-electron chi connectivity index (χ0n) is 20.7. The van der Waals surface area contributed by atoms with Crippen LogP contribution in [0.1, 0.15) is 52.0 Å². The third-order valence-corrected chi connectivity index (χ3v) is 6.89. The summed E-state index contributed by atoms with van der Waals surface area (Å²) < 4.78 is 5.52. The van der Waals surface area contributed by atoms with Crippen LogP contribution in [0.4, 0.5) is 22.9 Å². The summed E-state index contributed by atoms with van der Waals surface area (Å²) in [5.74, 6) is 1.32. The molecule has 34 heavy (non-hydrogen) atoms. The number of amides is 1. The van der Waals surface area contributed by atoms with Gasteiger partial charge in [0.25, 0.3) is 0 Å². The van der Waals surface area contributed by atoms with Crippen LogP contribution in [0.2, 0.25) is 0 Å². The van der Waals surface area contributed by atoms with E-state index in [2.05, 4.69) is 40.3 Å². The summed E-state index contributed by atoms with van der Waals surface area (Å²) in [5.41, 5.74) is 3.93. The molecule has 0 bridgehead atoms. The number of pyridine rings is 1. The van der Waals surface area contributed by atoms with Crippen LogP contribution in [-0.2, 0) is 16.1 Å². The van der Waals surface area contributed by atoms with Gasteiger partial charge in [0.1, 0.15) is 5.82 Å². The molecule has 2 aromatic rings. The van der Waals surface area contributed by atoms with E-state index < -0.39 is 0 Å². The number of hydrogen-bond donors (Lipinski definition) is 2. The van der Waals surface area contributed by atoms with E-state index in [4.69, 9.17) is 4.74 Å². The highest BCUT2D eigenvalue weighted by Crippen LogP contribution is 2.38. The topological polar surface area (TPSA) is 77.9 Å². The Morgan fingerprint density at radius 3 is 2.74 bits per heavy atom. The second-order valence-electron chi connectivity index (χ2n) is 9.88. The van der Waals surface area contributed by atoms with Gasteiger partial charge in [0.2, 0.25) is 5.91 Å². The largest absolute Gasteiger partial charge is 0.393 e. The lowest BCUT2D eigenvalue weighted by Crippen LogP contribution is -2.37. The van der Waals surface area contributed by atoms with Crippen molar-refractivity contribution in [2.24, 2.45) is 11.8 Å². The van der Waals surface area contributed by atoms with Gasteiger partial charge >= 0.3 is 0 Å². The van der Waals surface area contributed by atoms with Gasteiger partial charge in [-0.2, -0.15) is 0 Å². The summed E-state index contributed by atoms with van der Waals surface area (Å²) in [6.07, 6.45) is 5.15. The van der Waals surface area contributed by atoms with Gasteiger partial charge in [-0.25, -0.2) is 4.98 Å². The summed E-state index contributed by atoms with van der Waals surface area (Å²) >= 11 is 0. The van der Waals surface area contributed by atoms with Crippen LogP contribution in [0.3, 0.4) is 0 Å². The zero-order chi connectivity index (χ0) is 24.1. The highest BCUT2D eigenvalue weighted by Gasteiger charge is 2.28. The lowest BCUT2D eigenvalue weighted by Gasteiger charge is -2.31. The predicted octanol–water partition coefficient (Wildman–Crippen LogP) is 4.72. The third kappa shape index (κ3) is 5.88. The molecule has 0 saturated carbocycles. The van der Waals surface area contributed by atoms with E-state index in [-0.39, 0.29) is 17.9 Å². The molecule has 0 unspecified atom stereocenters. The van der Waals surface area contributed by atoms with Gasteiger partial charge < -0.3 is 25.0 Å². The Labute approximate surface area is 203 Å². The van der Waals surface area contributed by atoms with Crippen LogP contribution in [0.25, 0.3) is 0 Å². The van der Waals surface area contributed by atoms with Crippen molar-refractivity contribution in [1.29, 1.82) is 0 Å². The smallest absolute Gasteiger partial charge is 0.230 e. The van der Waals surface area contributed by atoms with E-state index in [1.54, 1.807) is 6.20 Å². The molecule has 1 amide bonds. The van der Waals surface area contributed by atoms with Crippen LogP contribution in [0, 0.1) is 11.8 Å². The zero-order valence-corrected chi connectivity index (χ0v) is 20.7. The van der Waals surface area contributed by atoms with E-state index in [9.17, 15) is 9.90 Å². The van der Waals surface area contributed by atoms with Crippen LogP contribution >= 0.6 is 0 Å². The summed E-state index contributed by atoms with van der Waals surface area (Å²) in [6, 6.07) is 10.3. The number of anilines is 4. The van der Waals surface area contributed by atoms with Gasteiger partial charge in [-0.15, -0.1) is 0 Å². The lowest BCUT2D eigenvalue weighted by atomic mass is 9.94. The molecule has 1 fully saturated rings. The number of carbonyl (C=O) groups excluding carboxylic acids is 1. The molecule has 4 rings (SSSR count). The van der Waals surface area contributed by atoms with Crippen molar-refractivity contribution in [2.45, 2.75) is 59.1 Å². The number of fused-ring (bicyclic) bond motifs is 2. The molecule has 0 radical (unpaired) electrons. The van der Waals surface area contributed by atoms with Gasteiger partial charge in [0.05, 0.1) is 37.2 Å². The average Bonchev–Trinajstić information content (AvgIpc) is 3.00. The van der Waals surface area contributed by atoms with Crippen molar-refractivity contribution in [1.82, 2.24) is 4.98 Å². The second-order valence-corrected chi connectivity index (χ2v) is 9.88. The number of carbonyl (C=O) groups is 1. The van der Waals surface area contributed by atoms with E-state index in [1.807, 2.05) is 30.9 Å². The number of nitrogens with one attached hydrogen (secondary N) is 1. The molecule has 3 heterocycles. The van der Waals surface area contributed by atoms with E-state index >= 15 is 0 Å². The summed E-state index contributed by atoms with van der Waals surface area (Å²) in [4.78, 5) is 22.5. The average molecular weight is 467 g/mol. The molecular weight excluding hydrogens is 428 g/mol. The fraction of sp³-hybridized carbons (Fsp3) is 0.556. The molecule has 1 saturated heterocycles. The Kier molecular flexibility index (Phi) is 8.06. The second kappa shape index (κ2) is 11.2. The molecule has 7 heteroatoms. The first-order valence-corrected chi connectivity index (χ1v) is 12.6. The standard InChI is InChI=1S/C27H38N4O3/c1-19(16-21(3)32)6-4-7-20(2)27(33)31-18-22-8-5-11-28-26(22)29-24-10-9-23(17-25(24)31)30-12-14-34-15-13-30/h5,8-11,17,19-21,32H,4,6-7,12-16,18H2,1-3H3,(H,28,29)/t19-,20-,21-/m0/s1. The maximum Gasteiger partial charge on any atom is 0.230 e. The first-order chi connectivity index (χ1) is 16.4. The summed E-state index contributed by atoms with van der Waals surface area (Å²) in [7, 11) is 0. The highest BCUT2D eigenvalue weighted by molar-refractivity contribution is 6.00. The molecule has 1 aromatic carbocycles. The van der Waals surface area contributed by atoms with Gasteiger partial charge in [-0.1, -0.05) is 32.8 Å². The van der Waals surface area contributed by atoms with Gasteiger partial charge in [-0.3, -0.25) is 4.79 Å². The minimum absolute atomic E-state index is 0.0862. The van der Waals surface area contributed by atoms with Gasteiger partial charge in [-0.05, 0) is 49.9 Å². The molecule has 0 aliphatic carbocycles. The van der Waals surface area contributed by atoms with Crippen molar-refractivity contribution < 1.29 is 14.6 Å². The number of aromatic nitrogens is 1. The molecule has 2 aliphatic heterocycles. The predicted molar refractivity (Wildman–Crippen MR) is 137 cm³/mol. The normalized spacial score (nSPS) is 18.2. The monoisotopic (exact) mass is 466 g/mol. The van der Waals surface area contributed by atoms with E-state index in [0.29, 0.717) is 12.5 Å². The first-order valence-electron chi connectivity index (χ1n) is 12.6. The fourth-order valence-corrected chi connectivity index (χ4v) is 4.99. The van der Waals surface area contributed by atoms with E-state index in [1.165, 1.54) is 0 Å². The summed E-state index contributed by atoms with van der Waals surface area (Å²) in [5, 5.41) is 13.1. The van der Waals surface area contributed by atoms with Crippen LogP contribution in [0.15, 0.2) is 36.5 Å². The van der Waals surface area contributed by atoms with Crippen molar-refractivity contribution in [3.8, 4) is 0 Å². The highest BCUT2D eigenvalue weighted by atomic mass is 16.5. The van der Waals surface area contributed by atoms with Gasteiger partial charge in [0, 0.05) is 36.5 Å². The van der Waals surface area contributed by atoms with E-state index in [0.717, 1.165) is 80.4 Å². The number of hydrogen-bond acceptors (Lipinski definition) is 6. The lowest BCUT2D eigenvalue weighted by molar-refractivity contribution is -0.122. The Morgan fingerprint density at radius 1 is 1.18 bits per heavy atom. The van der Waals surface area contributed by atoms with Crippen molar-refractivity contribution >= 4 is 28.8 Å². The van der Waals surface area contributed by atoms with Gasteiger partial charge in [0.15, 0.2) is 0 Å². The molecular formula is C27H38N4O3. The number of ether oxygens (including phenoxy) is 1. The molecule has 2 aliphatic rings. The number of rotatable bonds is 8. The van der Waals surface area contributed by atoms with Crippen LogP contribution in [-0.4, -0.2) is 48.4 Å². The first kappa shape index (κ1) is 24.5. The molecule has 7 nitrogen and oxygen atoms in total. The third-order valence-electron chi connectivity index (χ3n) is 6.89. The van der Waals surface area contributed by atoms with Crippen molar-refractivity contribution in [3.63, 3.8) is 0 Å². The van der Waals surface area contributed by atoms with Crippen molar-refractivity contribution in [2.75, 3.05) is 41.4 Å². The number of aliphatic hydroxyl groups excluding tert-OH is 1. The fourth-order valence-electron chi connectivity index (χ4n) is 4.99. The Hall–Kier alpha value is -2.64. The molecule has 3 atom stereocenters. The molecule has 2 N–H and O–H groups in total. The summed E-state index contributed by atoms with van der Waals surface area (Å²) in [6.45, 7) is 9.69. The number of aliphatic hydroxyl groups is 1. The number of nitrogens with zero attached hydrogens (tertiary/aromatic N) is 3. The number of benzene rings is 1. The Bertz CT molecular complexity index is 974. The molecule has 1 aromatic heterocycles. The Morgan fingerprint density at radius 2 is 1.97 bits per heavy atom. The SMILES string of the molecule is C[C@@H](CCC[C@H](C)C(=O)N1Cc2cccnc2Nc2ccc(N3CCOCC3)cc21)C[C@H](C)O. The maximum atomic E-state index is 13.8. The maximum absolute atomic E-state index is 13.8. The quantitative estimate of drug-likeness (QED) is 0.586. The van der Waals surface area contributed by atoms with Crippen LogP contribution in [0.5, 0.6) is 0 Å². The Balaban J connectivity index is 1.55. The number of morpholine rings is 1. The van der Waals surface area contributed by atoms with Crippen molar-refractivity contribution in [3.05, 3.63) is 42.1 Å². The minimum Gasteiger partial charge on any atom is -0.393 e. The molecule has 0 spiro atoms. The molecule has 184 valence electrons. The minimum atomic E-state index is -0.274. The van der Waals surface area contributed by atoms with Crippen LogP contribution < -0.4 is 15.1 Å².